The molecule has 1 aromatic rings. The smallest absolute Gasteiger partial charge is 0.376 e. The second-order valence-electron chi connectivity index (χ2n) is 6.75. The number of ether oxygens (including phenoxy) is 1. The third-order valence-corrected chi connectivity index (χ3v) is 4.74. The van der Waals surface area contributed by atoms with E-state index in [0.717, 1.165) is 25.0 Å². The largest absolute Gasteiger partial charge is 0.416 e. The number of amides is 2. The third kappa shape index (κ3) is 4.55. The number of nitrogens with one attached hydrogen (secondary N) is 1. The number of halogens is 3. The zero-order chi connectivity index (χ0) is 18.7. The van der Waals surface area contributed by atoms with Gasteiger partial charge in [-0.05, 0) is 30.5 Å². The standard InChI is InChI=1S/C18H21F3N2O3/c19-18(20,21)14-4-1-3-12(7-14)10-23-11-13(8-16(23)24)17(25)22-9-15-5-2-6-26-15/h1,3-4,7,13,15H,2,5-6,8-11H2,(H,22,25)/t13-,15-/m0/s1. The van der Waals surface area contributed by atoms with Crippen molar-refractivity contribution in [2.45, 2.75) is 38.1 Å². The van der Waals surface area contributed by atoms with E-state index in [4.69, 9.17) is 4.74 Å². The number of hydrogen-bond donors (Lipinski definition) is 1. The molecular weight excluding hydrogens is 349 g/mol. The van der Waals surface area contributed by atoms with Crippen LogP contribution in [0.5, 0.6) is 0 Å². The maximum atomic E-state index is 12.8. The van der Waals surface area contributed by atoms with E-state index in [-0.39, 0.29) is 37.4 Å². The fourth-order valence-corrected chi connectivity index (χ4v) is 3.33. The fraction of sp³-hybridized carbons (Fsp3) is 0.556. The van der Waals surface area contributed by atoms with Crippen LogP contribution in [0.2, 0.25) is 0 Å². The van der Waals surface area contributed by atoms with Crippen LogP contribution in [0.15, 0.2) is 24.3 Å². The molecule has 1 aromatic carbocycles. The molecule has 0 saturated carbocycles. The van der Waals surface area contributed by atoms with Gasteiger partial charge in [-0.2, -0.15) is 13.2 Å². The molecule has 0 bridgehead atoms. The Morgan fingerprint density at radius 2 is 2.15 bits per heavy atom. The van der Waals surface area contributed by atoms with Gasteiger partial charge in [0.15, 0.2) is 0 Å². The van der Waals surface area contributed by atoms with Crippen molar-refractivity contribution in [3.05, 3.63) is 35.4 Å². The number of carbonyl (C=O) groups excluding carboxylic acids is 2. The number of carbonyl (C=O) groups is 2. The molecule has 2 saturated heterocycles. The predicted octanol–water partition coefficient (Wildman–Crippen LogP) is 2.35. The van der Waals surface area contributed by atoms with E-state index in [1.54, 1.807) is 6.07 Å². The highest BCUT2D eigenvalue weighted by atomic mass is 19.4. The fourth-order valence-electron chi connectivity index (χ4n) is 3.33. The molecule has 0 radical (unpaired) electrons. The lowest BCUT2D eigenvalue weighted by Gasteiger charge is -2.18. The molecule has 0 aliphatic carbocycles. The molecule has 0 spiro atoms. The normalized spacial score (nSPS) is 23.5. The summed E-state index contributed by atoms with van der Waals surface area (Å²) >= 11 is 0. The van der Waals surface area contributed by atoms with Crippen molar-refractivity contribution in [1.29, 1.82) is 0 Å². The van der Waals surface area contributed by atoms with Gasteiger partial charge in [0.25, 0.3) is 0 Å². The van der Waals surface area contributed by atoms with Gasteiger partial charge in [-0.25, -0.2) is 0 Å². The average molecular weight is 370 g/mol. The Labute approximate surface area is 149 Å². The van der Waals surface area contributed by atoms with Crippen molar-refractivity contribution in [3.63, 3.8) is 0 Å². The van der Waals surface area contributed by atoms with E-state index in [2.05, 4.69) is 5.32 Å². The lowest BCUT2D eigenvalue weighted by Crippen LogP contribution is -2.37. The van der Waals surface area contributed by atoms with Crippen LogP contribution in [0, 0.1) is 5.92 Å². The van der Waals surface area contributed by atoms with Crippen molar-refractivity contribution in [2.24, 2.45) is 5.92 Å². The zero-order valence-electron chi connectivity index (χ0n) is 14.2. The summed E-state index contributed by atoms with van der Waals surface area (Å²) in [5.41, 5.74) is -0.346. The molecule has 26 heavy (non-hydrogen) atoms. The Morgan fingerprint density at radius 3 is 2.85 bits per heavy atom. The van der Waals surface area contributed by atoms with Crippen molar-refractivity contribution in [1.82, 2.24) is 10.2 Å². The molecular formula is C18H21F3N2O3. The predicted molar refractivity (Wildman–Crippen MR) is 87.0 cm³/mol. The Morgan fingerprint density at radius 1 is 1.35 bits per heavy atom. The van der Waals surface area contributed by atoms with Gasteiger partial charge in [0, 0.05) is 32.7 Å². The van der Waals surface area contributed by atoms with Gasteiger partial charge >= 0.3 is 6.18 Å². The Hall–Kier alpha value is -2.09. The van der Waals surface area contributed by atoms with Gasteiger partial charge in [-0.15, -0.1) is 0 Å². The van der Waals surface area contributed by atoms with Crippen molar-refractivity contribution in [3.8, 4) is 0 Å². The Kier molecular flexibility index (Phi) is 5.50. The van der Waals surface area contributed by atoms with Crippen LogP contribution in [0.1, 0.15) is 30.4 Å². The number of hydrogen-bond acceptors (Lipinski definition) is 3. The maximum Gasteiger partial charge on any atom is 0.416 e. The van der Waals surface area contributed by atoms with Gasteiger partial charge in [0.05, 0.1) is 17.6 Å². The van der Waals surface area contributed by atoms with Gasteiger partial charge in [0.1, 0.15) is 0 Å². The summed E-state index contributed by atoms with van der Waals surface area (Å²) in [6.07, 6.45) is -2.43. The summed E-state index contributed by atoms with van der Waals surface area (Å²) in [7, 11) is 0. The van der Waals surface area contributed by atoms with E-state index in [1.165, 1.54) is 11.0 Å². The molecule has 1 N–H and O–H groups in total. The molecule has 2 fully saturated rings. The minimum absolute atomic E-state index is 0.0252. The van der Waals surface area contributed by atoms with Gasteiger partial charge < -0.3 is 15.0 Å². The monoisotopic (exact) mass is 370 g/mol. The summed E-state index contributed by atoms with van der Waals surface area (Å²) in [6, 6.07) is 4.91. The van der Waals surface area contributed by atoms with E-state index >= 15 is 0 Å². The topological polar surface area (TPSA) is 58.6 Å². The molecule has 2 aliphatic rings. The Balaban J connectivity index is 1.55. The van der Waals surface area contributed by atoms with Crippen LogP contribution in [-0.2, 0) is 27.0 Å². The minimum atomic E-state index is -4.42. The molecule has 3 rings (SSSR count). The SMILES string of the molecule is O=C(NC[C@@H]1CCCO1)[C@H]1CC(=O)N(Cc2cccc(C(F)(F)F)c2)C1. The maximum absolute atomic E-state index is 12.8. The number of alkyl halides is 3. The van der Waals surface area contributed by atoms with Crippen LogP contribution in [0.4, 0.5) is 13.2 Å². The average Bonchev–Trinajstić information content (AvgIpc) is 3.23. The van der Waals surface area contributed by atoms with E-state index < -0.39 is 17.7 Å². The number of benzene rings is 1. The van der Waals surface area contributed by atoms with Crippen molar-refractivity contribution >= 4 is 11.8 Å². The highest BCUT2D eigenvalue weighted by Gasteiger charge is 2.35. The first-order valence-electron chi connectivity index (χ1n) is 8.66. The first-order chi connectivity index (χ1) is 12.3. The van der Waals surface area contributed by atoms with E-state index in [1.807, 2.05) is 0 Å². The Bertz CT molecular complexity index is 672. The zero-order valence-corrected chi connectivity index (χ0v) is 14.2. The molecule has 0 aromatic heterocycles. The molecule has 142 valence electrons. The van der Waals surface area contributed by atoms with Crippen LogP contribution >= 0.6 is 0 Å². The summed E-state index contributed by atoms with van der Waals surface area (Å²) < 4.78 is 43.8. The van der Waals surface area contributed by atoms with Crippen molar-refractivity contribution < 1.29 is 27.5 Å². The second kappa shape index (κ2) is 7.65. The summed E-state index contributed by atoms with van der Waals surface area (Å²) in [6.45, 7) is 1.41. The highest BCUT2D eigenvalue weighted by Crippen LogP contribution is 2.30. The number of rotatable bonds is 5. The summed E-state index contributed by atoms with van der Waals surface area (Å²) in [4.78, 5) is 25.8. The lowest BCUT2D eigenvalue weighted by atomic mass is 10.1. The first kappa shape index (κ1) is 18.7. The molecule has 2 heterocycles. The number of likely N-dealkylation sites (tertiary alicyclic amines) is 1. The molecule has 8 heteroatoms. The highest BCUT2D eigenvalue weighted by molar-refractivity contribution is 5.89. The van der Waals surface area contributed by atoms with Crippen LogP contribution < -0.4 is 5.32 Å². The second-order valence-corrected chi connectivity index (χ2v) is 6.75. The van der Waals surface area contributed by atoms with E-state index in [0.29, 0.717) is 18.7 Å². The van der Waals surface area contributed by atoms with Gasteiger partial charge in [0.2, 0.25) is 11.8 Å². The molecule has 2 aliphatic heterocycles. The van der Waals surface area contributed by atoms with Crippen molar-refractivity contribution in [2.75, 3.05) is 19.7 Å². The minimum Gasteiger partial charge on any atom is -0.376 e. The third-order valence-electron chi connectivity index (χ3n) is 4.74. The molecule has 0 unspecified atom stereocenters. The lowest BCUT2D eigenvalue weighted by molar-refractivity contribution is -0.137. The van der Waals surface area contributed by atoms with Crippen LogP contribution in [0.3, 0.4) is 0 Å². The van der Waals surface area contributed by atoms with Crippen LogP contribution in [0.25, 0.3) is 0 Å². The first-order valence-corrected chi connectivity index (χ1v) is 8.66. The van der Waals surface area contributed by atoms with Gasteiger partial charge in [-0.1, -0.05) is 12.1 Å². The molecule has 2 amide bonds. The quantitative estimate of drug-likeness (QED) is 0.866. The van der Waals surface area contributed by atoms with Gasteiger partial charge in [-0.3, -0.25) is 9.59 Å². The number of nitrogens with zero attached hydrogens (tertiary/aromatic N) is 1. The van der Waals surface area contributed by atoms with E-state index in [9.17, 15) is 22.8 Å². The summed E-state index contributed by atoms with van der Waals surface area (Å²) in [5.74, 6) is -0.908. The van der Waals surface area contributed by atoms with Crippen LogP contribution in [-0.4, -0.2) is 42.5 Å². The molecule has 5 nitrogen and oxygen atoms in total. The molecule has 2 atom stereocenters. The summed E-state index contributed by atoms with van der Waals surface area (Å²) in [5, 5.41) is 2.81.